The third-order valence-corrected chi connectivity index (χ3v) is 5.48. The molecule has 164 valence electrons. The summed E-state index contributed by atoms with van der Waals surface area (Å²) < 4.78 is 6.92. The Hall–Kier alpha value is -2.27. The van der Waals surface area contributed by atoms with Crippen LogP contribution in [-0.4, -0.2) is 37.3 Å². The zero-order valence-corrected chi connectivity index (χ0v) is 20.5. The molecule has 31 heavy (non-hydrogen) atoms. The minimum Gasteiger partial charge on any atom is -0.508 e. The molecule has 0 radical (unpaired) electrons. The Balaban J connectivity index is 0.00000341. The minimum atomic E-state index is 0. The van der Waals surface area contributed by atoms with Crippen LogP contribution < -0.4 is 4.74 Å². The summed E-state index contributed by atoms with van der Waals surface area (Å²) in [6, 6.07) is 24.1. The highest BCUT2D eigenvalue weighted by molar-refractivity contribution is 9.10. The number of allylic oxidation sites excluding steroid dienone is 1. The van der Waals surface area contributed by atoms with Crippen molar-refractivity contribution in [3.05, 3.63) is 94.0 Å². The fourth-order valence-electron chi connectivity index (χ4n) is 3.38. The lowest BCUT2D eigenvalue weighted by Crippen LogP contribution is -2.19. The van der Waals surface area contributed by atoms with E-state index in [4.69, 9.17) is 4.74 Å². The number of benzene rings is 3. The van der Waals surface area contributed by atoms with Gasteiger partial charge in [0.15, 0.2) is 0 Å². The molecule has 5 heteroatoms. The van der Waals surface area contributed by atoms with Crippen molar-refractivity contribution < 1.29 is 9.84 Å². The molecule has 3 aromatic carbocycles. The summed E-state index contributed by atoms with van der Waals surface area (Å²) in [5, 5.41) is 9.77. The van der Waals surface area contributed by atoms with Crippen molar-refractivity contribution in [3.8, 4) is 11.5 Å². The maximum atomic E-state index is 9.77. The molecule has 0 unspecified atom stereocenters. The van der Waals surface area contributed by atoms with Gasteiger partial charge < -0.3 is 14.7 Å². The number of ether oxygens (including phenoxy) is 1. The molecule has 0 saturated carbocycles. The predicted octanol–water partition coefficient (Wildman–Crippen LogP) is 6.89. The third-order valence-electron chi connectivity index (χ3n) is 4.95. The molecule has 1 N–H and O–H groups in total. The van der Waals surface area contributed by atoms with Gasteiger partial charge in [-0.25, -0.2) is 0 Å². The fraction of sp³-hybridized carbons (Fsp3) is 0.231. The first kappa shape index (κ1) is 25.0. The van der Waals surface area contributed by atoms with Crippen LogP contribution in [0.1, 0.15) is 30.0 Å². The average molecular weight is 503 g/mol. The molecule has 0 heterocycles. The van der Waals surface area contributed by atoms with E-state index in [1.807, 2.05) is 38.4 Å². The smallest absolute Gasteiger partial charge is 0.119 e. The van der Waals surface area contributed by atoms with E-state index >= 15 is 0 Å². The second kappa shape index (κ2) is 11.9. The molecule has 3 rings (SSSR count). The number of hydrogen-bond acceptors (Lipinski definition) is 3. The van der Waals surface area contributed by atoms with Crippen molar-refractivity contribution in [2.75, 3.05) is 27.2 Å². The van der Waals surface area contributed by atoms with E-state index in [1.54, 1.807) is 12.1 Å². The summed E-state index contributed by atoms with van der Waals surface area (Å²) in [7, 11) is 4.07. The van der Waals surface area contributed by atoms with Crippen LogP contribution in [0.2, 0.25) is 0 Å². The van der Waals surface area contributed by atoms with E-state index in [0.717, 1.165) is 34.3 Å². The Bertz CT molecular complexity index is 981. The summed E-state index contributed by atoms with van der Waals surface area (Å²) in [4.78, 5) is 2.10. The molecule has 0 spiro atoms. The van der Waals surface area contributed by atoms with Crippen LogP contribution in [0.5, 0.6) is 11.5 Å². The number of phenolic OH excluding ortho intramolecular Hbond substituents is 1. The van der Waals surface area contributed by atoms with E-state index in [9.17, 15) is 5.11 Å². The quantitative estimate of drug-likeness (QED) is 0.341. The summed E-state index contributed by atoms with van der Waals surface area (Å²) in [6.07, 6.45) is 0.888. The molecule has 3 aromatic rings. The van der Waals surface area contributed by atoms with Gasteiger partial charge in [0.05, 0.1) is 0 Å². The van der Waals surface area contributed by atoms with Gasteiger partial charge >= 0.3 is 0 Å². The Morgan fingerprint density at radius 1 is 0.839 bits per heavy atom. The number of phenols is 1. The van der Waals surface area contributed by atoms with Gasteiger partial charge in [0.2, 0.25) is 0 Å². The van der Waals surface area contributed by atoms with E-state index in [0.29, 0.717) is 6.61 Å². The van der Waals surface area contributed by atoms with Gasteiger partial charge in [0.25, 0.3) is 0 Å². The molecule has 0 amide bonds. The summed E-state index contributed by atoms with van der Waals surface area (Å²) in [5.74, 6) is 1.14. The lowest BCUT2D eigenvalue weighted by atomic mass is 9.88. The fourth-order valence-corrected chi connectivity index (χ4v) is 3.65. The molecule has 0 aliphatic carbocycles. The number of aromatic hydroxyl groups is 1. The van der Waals surface area contributed by atoms with Crippen molar-refractivity contribution in [3.63, 3.8) is 0 Å². The van der Waals surface area contributed by atoms with Crippen LogP contribution in [0.3, 0.4) is 0 Å². The number of nitrogens with zero attached hydrogens (tertiary/aromatic N) is 1. The summed E-state index contributed by atoms with van der Waals surface area (Å²) in [5.41, 5.74) is 5.82. The summed E-state index contributed by atoms with van der Waals surface area (Å²) >= 11 is 3.53. The van der Waals surface area contributed by atoms with Crippen LogP contribution in [0.15, 0.2) is 77.3 Å². The second-order valence-electron chi connectivity index (χ2n) is 7.44. The van der Waals surface area contributed by atoms with Gasteiger partial charge in [0.1, 0.15) is 18.1 Å². The maximum absolute atomic E-state index is 9.77. The van der Waals surface area contributed by atoms with Gasteiger partial charge in [-0.3, -0.25) is 0 Å². The van der Waals surface area contributed by atoms with E-state index < -0.39 is 0 Å². The molecule has 0 aliphatic rings. The van der Waals surface area contributed by atoms with Crippen LogP contribution in [0.25, 0.3) is 11.1 Å². The van der Waals surface area contributed by atoms with Crippen molar-refractivity contribution in [2.24, 2.45) is 0 Å². The largest absolute Gasteiger partial charge is 0.508 e. The van der Waals surface area contributed by atoms with Crippen molar-refractivity contribution >= 4 is 39.5 Å². The predicted molar refractivity (Wildman–Crippen MR) is 136 cm³/mol. The number of halogens is 2. The number of likely N-dealkylation sites (N-methyl/N-ethyl adjacent to an activating group) is 1. The van der Waals surface area contributed by atoms with E-state index in [-0.39, 0.29) is 18.2 Å². The van der Waals surface area contributed by atoms with Crippen molar-refractivity contribution in [1.82, 2.24) is 4.90 Å². The van der Waals surface area contributed by atoms with Gasteiger partial charge in [-0.2, -0.15) is 0 Å². The average Bonchev–Trinajstić information content (AvgIpc) is 2.74. The Morgan fingerprint density at radius 2 is 1.35 bits per heavy atom. The SMILES string of the molecule is CCC(=C(c1ccc(O)cc1)c1ccc(OCCN(C)C)cc1)c1ccc(Br)cc1.Cl. The summed E-state index contributed by atoms with van der Waals surface area (Å²) in [6.45, 7) is 3.71. The van der Waals surface area contributed by atoms with Crippen molar-refractivity contribution in [1.29, 1.82) is 0 Å². The first-order valence-corrected chi connectivity index (χ1v) is 10.9. The molecular weight excluding hydrogens is 474 g/mol. The van der Waals surface area contributed by atoms with Crippen LogP contribution >= 0.6 is 28.3 Å². The van der Waals surface area contributed by atoms with Gasteiger partial charge in [-0.05, 0) is 84.8 Å². The first-order valence-electron chi connectivity index (χ1n) is 10.1. The van der Waals surface area contributed by atoms with E-state index in [2.05, 4.69) is 64.2 Å². The standard InChI is InChI=1S/C26H28BrNO2.ClH/c1-4-25(19-5-11-22(27)12-6-19)26(20-7-13-23(29)14-8-20)21-9-15-24(16-10-21)30-18-17-28(2)3;/h5-16,29H,4,17-18H2,1-3H3;1H. The van der Waals surface area contributed by atoms with Gasteiger partial charge in [0, 0.05) is 11.0 Å². The highest BCUT2D eigenvalue weighted by atomic mass is 79.9. The molecule has 0 fully saturated rings. The van der Waals surface area contributed by atoms with E-state index in [1.165, 1.54) is 16.7 Å². The minimum absolute atomic E-state index is 0. The Morgan fingerprint density at radius 3 is 1.87 bits per heavy atom. The molecule has 3 nitrogen and oxygen atoms in total. The zero-order valence-electron chi connectivity index (χ0n) is 18.1. The molecule has 0 aliphatic heterocycles. The van der Waals surface area contributed by atoms with Gasteiger partial charge in [-0.1, -0.05) is 59.3 Å². The van der Waals surface area contributed by atoms with Crippen LogP contribution in [0.4, 0.5) is 0 Å². The van der Waals surface area contributed by atoms with Crippen LogP contribution in [-0.2, 0) is 0 Å². The Labute approximate surface area is 199 Å². The lowest BCUT2D eigenvalue weighted by molar-refractivity contribution is 0.261. The molecule has 0 saturated heterocycles. The molecule has 0 atom stereocenters. The van der Waals surface area contributed by atoms with Crippen molar-refractivity contribution in [2.45, 2.75) is 13.3 Å². The highest BCUT2D eigenvalue weighted by Gasteiger charge is 2.13. The number of rotatable bonds is 8. The molecule has 0 bridgehead atoms. The third kappa shape index (κ3) is 6.86. The normalized spacial score (nSPS) is 11.6. The maximum Gasteiger partial charge on any atom is 0.119 e. The molecule has 0 aromatic heterocycles. The number of hydrogen-bond donors (Lipinski definition) is 1. The van der Waals surface area contributed by atoms with Crippen LogP contribution in [0, 0.1) is 0 Å². The monoisotopic (exact) mass is 501 g/mol. The van der Waals surface area contributed by atoms with Gasteiger partial charge in [-0.15, -0.1) is 12.4 Å². The zero-order chi connectivity index (χ0) is 21.5. The lowest BCUT2D eigenvalue weighted by Gasteiger charge is -2.17. The highest BCUT2D eigenvalue weighted by Crippen LogP contribution is 2.36. The second-order valence-corrected chi connectivity index (χ2v) is 8.35. The first-order chi connectivity index (χ1) is 14.5. The topological polar surface area (TPSA) is 32.7 Å². The Kier molecular flexibility index (Phi) is 9.63. The molecular formula is C26H29BrClNO2.